The first-order valence-electron chi connectivity index (χ1n) is 19.9. The first kappa shape index (κ1) is 45.4. The maximum absolute atomic E-state index is 13.8. The number of piperazine rings is 1. The Bertz CT molecular complexity index is 2650. The van der Waals surface area contributed by atoms with Crippen LogP contribution in [0.25, 0.3) is 22.0 Å². The van der Waals surface area contributed by atoms with Crippen LogP contribution in [-0.4, -0.2) is 98.1 Å². The van der Waals surface area contributed by atoms with Crippen LogP contribution in [-0.2, 0) is 16.6 Å². The lowest BCUT2D eigenvalue weighted by Gasteiger charge is -2.36. The molecule has 1 fully saturated rings. The zero-order chi connectivity index (χ0) is 44.7. The number of rotatable bonds is 17. The summed E-state index contributed by atoms with van der Waals surface area (Å²) in [6, 6.07) is 30.5. The molecule has 6 aromatic rings. The van der Waals surface area contributed by atoms with Gasteiger partial charge in [0.2, 0.25) is 0 Å². The van der Waals surface area contributed by atoms with Gasteiger partial charge in [-0.05, 0) is 110 Å². The molecule has 330 valence electrons. The molecule has 13 nitrogen and oxygen atoms in total. The van der Waals surface area contributed by atoms with Gasteiger partial charge in [-0.1, -0.05) is 48.0 Å². The molecular weight excluding hydrogens is 877 g/mol. The van der Waals surface area contributed by atoms with E-state index < -0.39 is 27.0 Å². The van der Waals surface area contributed by atoms with Gasteiger partial charge in [0.1, 0.15) is 17.8 Å². The quantitative estimate of drug-likeness (QED) is 0.0511. The summed E-state index contributed by atoms with van der Waals surface area (Å²) in [7, 11) is -0.597. The molecule has 5 aromatic carbocycles. The summed E-state index contributed by atoms with van der Waals surface area (Å²) < 4.78 is 71.8. The third-order valence-electron chi connectivity index (χ3n) is 10.4. The number of ether oxygens (including phenoxy) is 1. The monoisotopic (exact) mass is 920 g/mol. The smallest absolute Gasteiger partial charge is 0.406 e. The highest BCUT2D eigenvalue weighted by molar-refractivity contribution is 7.99. The van der Waals surface area contributed by atoms with Crippen LogP contribution in [0.5, 0.6) is 5.75 Å². The molecule has 19 heteroatoms. The van der Waals surface area contributed by atoms with E-state index in [4.69, 9.17) is 11.6 Å². The van der Waals surface area contributed by atoms with Crippen molar-refractivity contribution in [2.24, 2.45) is 0 Å². The van der Waals surface area contributed by atoms with Gasteiger partial charge in [-0.2, -0.15) is 0 Å². The number of nitro benzene ring substituents is 1. The molecule has 2 N–H and O–H groups in total. The molecule has 7 rings (SSSR count). The van der Waals surface area contributed by atoms with Crippen molar-refractivity contribution in [3.63, 3.8) is 0 Å². The molecule has 0 saturated carbocycles. The minimum atomic E-state index is -4.81. The third-order valence-corrected chi connectivity index (χ3v) is 13.2. The highest BCUT2D eigenvalue weighted by atomic mass is 35.5. The van der Waals surface area contributed by atoms with Crippen LogP contribution in [0.1, 0.15) is 12.0 Å². The molecule has 63 heavy (non-hydrogen) atoms. The molecule has 0 aliphatic carbocycles. The molecular formula is C44H44ClF3N8O5S2. The molecule has 0 spiro atoms. The van der Waals surface area contributed by atoms with E-state index in [0.29, 0.717) is 39.5 Å². The van der Waals surface area contributed by atoms with Crippen molar-refractivity contribution in [3.8, 4) is 16.9 Å². The Morgan fingerprint density at radius 3 is 2.37 bits per heavy atom. The standard InChI is InChI=1S/C44H44ClF3N8O5S2/c1-53(2)20-19-33(28-62-36-14-12-35(13-15-36)61-44(46,47)48)51-40-18-16-37(26-42(40)56(57)58)63(59,60)52-43-39-17-11-34(25-41(39)49-29-50-43)55-23-21-54(22-24-55)27-31-5-3-4-6-38(31)30-7-9-32(45)10-8-30/h3-18,25-26,29,33,51H,19-24,27-28H2,1-2H3,(H,49,50,52). The topological polar surface area (TPSA) is 146 Å². The van der Waals surface area contributed by atoms with Crippen molar-refractivity contribution >= 4 is 67.2 Å². The Balaban J connectivity index is 1.01. The van der Waals surface area contributed by atoms with Gasteiger partial charge in [-0.3, -0.25) is 19.7 Å². The second kappa shape index (κ2) is 19.8. The summed E-state index contributed by atoms with van der Waals surface area (Å²) >= 11 is 7.48. The van der Waals surface area contributed by atoms with Crippen molar-refractivity contribution < 1.29 is 31.2 Å². The van der Waals surface area contributed by atoms with Crippen LogP contribution in [0.3, 0.4) is 0 Å². The molecule has 1 saturated heterocycles. The number of alkyl halides is 3. The zero-order valence-electron chi connectivity index (χ0n) is 34.3. The highest BCUT2D eigenvalue weighted by Crippen LogP contribution is 2.33. The van der Waals surface area contributed by atoms with Crippen molar-refractivity contribution in [2.75, 3.05) is 67.5 Å². The maximum atomic E-state index is 13.8. The first-order valence-corrected chi connectivity index (χ1v) is 22.7. The Hall–Kier alpha value is -5.66. The average molecular weight is 921 g/mol. The SMILES string of the molecule is CN(C)CCC(CSc1ccc(OC(F)(F)F)cc1)Nc1ccc(S(=O)(=O)Nc2ncnc3cc(N4CCN(Cc5ccccc5-c5ccc(Cl)cc5)CC4)ccc23)cc1[N+](=O)[O-]. The largest absolute Gasteiger partial charge is 0.573 e. The number of thioether (sulfide) groups is 1. The number of nitrogens with zero attached hydrogens (tertiary/aromatic N) is 6. The van der Waals surface area contributed by atoms with Gasteiger partial charge in [-0.25, -0.2) is 18.4 Å². The Morgan fingerprint density at radius 2 is 1.67 bits per heavy atom. The molecule has 1 aliphatic heterocycles. The molecule has 0 radical (unpaired) electrons. The van der Waals surface area contributed by atoms with Gasteiger partial charge in [0.15, 0.2) is 5.82 Å². The Labute approximate surface area is 372 Å². The van der Waals surface area contributed by atoms with Gasteiger partial charge in [0.25, 0.3) is 15.7 Å². The lowest BCUT2D eigenvalue weighted by Crippen LogP contribution is -2.46. The lowest BCUT2D eigenvalue weighted by atomic mass is 9.99. The summed E-state index contributed by atoms with van der Waals surface area (Å²) in [5, 5.41) is 16.7. The van der Waals surface area contributed by atoms with Crippen LogP contribution in [0.15, 0.2) is 125 Å². The molecule has 0 amide bonds. The van der Waals surface area contributed by atoms with Gasteiger partial charge >= 0.3 is 6.36 Å². The summed E-state index contributed by atoms with van der Waals surface area (Å²) in [6.07, 6.45) is -2.99. The van der Waals surface area contributed by atoms with Crippen LogP contribution >= 0.6 is 23.4 Å². The fourth-order valence-electron chi connectivity index (χ4n) is 7.20. The number of hydrogen-bond acceptors (Lipinski definition) is 12. The van der Waals surface area contributed by atoms with E-state index in [0.717, 1.165) is 50.0 Å². The Kier molecular flexibility index (Phi) is 14.3. The summed E-state index contributed by atoms with van der Waals surface area (Å²) in [5.74, 6) is 0.0763. The second-order valence-corrected chi connectivity index (χ2v) is 18.4. The number of halogens is 4. The minimum Gasteiger partial charge on any atom is -0.406 e. The summed E-state index contributed by atoms with van der Waals surface area (Å²) in [6.45, 7) is 4.63. The van der Waals surface area contributed by atoms with Crippen molar-refractivity contribution in [3.05, 3.63) is 136 Å². The molecule has 1 aromatic heterocycles. The van der Waals surface area contributed by atoms with Gasteiger partial charge < -0.3 is 19.9 Å². The number of fused-ring (bicyclic) bond motifs is 1. The van der Waals surface area contributed by atoms with E-state index in [2.05, 4.69) is 52.7 Å². The number of anilines is 3. The number of nitro groups is 1. The van der Waals surface area contributed by atoms with E-state index in [1.807, 2.05) is 61.5 Å². The number of aromatic nitrogens is 2. The predicted molar refractivity (Wildman–Crippen MR) is 242 cm³/mol. The fourth-order valence-corrected chi connectivity index (χ4v) is 9.35. The lowest BCUT2D eigenvalue weighted by molar-refractivity contribution is -0.384. The van der Waals surface area contributed by atoms with E-state index in [1.54, 1.807) is 6.07 Å². The summed E-state index contributed by atoms with van der Waals surface area (Å²) in [5.41, 5.74) is 4.65. The van der Waals surface area contributed by atoms with E-state index >= 15 is 0 Å². The number of sulfonamides is 1. The van der Waals surface area contributed by atoms with Crippen LogP contribution in [0.4, 0.5) is 36.1 Å². The average Bonchev–Trinajstić information content (AvgIpc) is 3.25. The molecule has 1 aliphatic rings. The summed E-state index contributed by atoms with van der Waals surface area (Å²) in [4.78, 5) is 27.3. The first-order chi connectivity index (χ1) is 30.1. The van der Waals surface area contributed by atoms with Gasteiger partial charge in [-0.15, -0.1) is 24.9 Å². The van der Waals surface area contributed by atoms with E-state index in [1.165, 1.54) is 65.6 Å². The van der Waals surface area contributed by atoms with E-state index in [-0.39, 0.29) is 28.2 Å². The zero-order valence-corrected chi connectivity index (χ0v) is 36.6. The predicted octanol–water partition coefficient (Wildman–Crippen LogP) is 9.40. The van der Waals surface area contributed by atoms with Crippen LogP contribution in [0, 0.1) is 10.1 Å². The number of benzene rings is 5. The normalized spacial score (nSPS) is 14.2. The van der Waals surface area contributed by atoms with Crippen molar-refractivity contribution in [1.82, 2.24) is 19.8 Å². The second-order valence-electron chi connectivity index (χ2n) is 15.2. The number of hydrogen-bond donors (Lipinski definition) is 2. The molecule has 1 unspecified atom stereocenters. The molecule has 0 bridgehead atoms. The minimum absolute atomic E-state index is 0.0272. The number of nitrogens with one attached hydrogen (secondary N) is 2. The van der Waals surface area contributed by atoms with Gasteiger partial charge in [0, 0.05) is 71.6 Å². The van der Waals surface area contributed by atoms with Crippen LogP contribution in [0.2, 0.25) is 5.02 Å². The maximum Gasteiger partial charge on any atom is 0.573 e. The third kappa shape index (κ3) is 12.1. The van der Waals surface area contributed by atoms with Crippen LogP contribution < -0.4 is 19.7 Å². The van der Waals surface area contributed by atoms with E-state index in [9.17, 15) is 31.7 Å². The molecule has 2 heterocycles. The molecule has 1 atom stereocenters. The Morgan fingerprint density at radius 1 is 0.937 bits per heavy atom. The van der Waals surface area contributed by atoms with Crippen molar-refractivity contribution in [1.29, 1.82) is 0 Å². The van der Waals surface area contributed by atoms with Gasteiger partial charge in [0.05, 0.1) is 15.3 Å². The fraction of sp³-hybridized carbons (Fsp3) is 0.273. The highest BCUT2D eigenvalue weighted by Gasteiger charge is 2.31. The van der Waals surface area contributed by atoms with Crippen molar-refractivity contribution in [2.45, 2.75) is 35.2 Å².